The highest BCUT2D eigenvalue weighted by atomic mass is 35.5. The molecule has 0 unspecified atom stereocenters. The summed E-state index contributed by atoms with van der Waals surface area (Å²) in [5, 5.41) is 4.63. The maximum atomic E-state index is 13.2. The van der Waals surface area contributed by atoms with E-state index in [0.717, 1.165) is 40.8 Å². The summed E-state index contributed by atoms with van der Waals surface area (Å²) in [6.45, 7) is 1.31. The molecule has 0 saturated carbocycles. The third kappa shape index (κ3) is 5.52. The van der Waals surface area contributed by atoms with Crippen molar-refractivity contribution in [2.45, 2.75) is 31.6 Å². The van der Waals surface area contributed by atoms with E-state index in [9.17, 15) is 4.79 Å². The summed E-state index contributed by atoms with van der Waals surface area (Å²) in [5.74, 6) is 0.640. The van der Waals surface area contributed by atoms with Crippen molar-refractivity contribution in [2.24, 2.45) is 0 Å². The van der Waals surface area contributed by atoms with Crippen molar-refractivity contribution < 1.29 is 9.53 Å². The minimum atomic E-state index is 0.00828. The van der Waals surface area contributed by atoms with Crippen LogP contribution in [0.1, 0.15) is 18.4 Å². The number of fused-ring (bicyclic) bond motifs is 1. The summed E-state index contributed by atoms with van der Waals surface area (Å²) in [6.07, 6.45) is 1.26. The maximum Gasteiger partial charge on any atom is 0.228 e. The van der Waals surface area contributed by atoms with Crippen molar-refractivity contribution in [2.75, 3.05) is 18.5 Å². The van der Waals surface area contributed by atoms with Crippen molar-refractivity contribution in [3.05, 3.63) is 82.3 Å². The number of aromatic amines is 1. The third-order valence-electron chi connectivity index (χ3n) is 6.32. The van der Waals surface area contributed by atoms with E-state index < -0.39 is 0 Å². The van der Waals surface area contributed by atoms with Gasteiger partial charge in [0.15, 0.2) is 0 Å². The van der Waals surface area contributed by atoms with Gasteiger partial charge in [-0.05, 0) is 48.4 Å². The van der Waals surface area contributed by atoms with Crippen LogP contribution in [-0.2, 0) is 16.1 Å². The van der Waals surface area contributed by atoms with Crippen LogP contribution in [0.25, 0.3) is 22.4 Å². The van der Waals surface area contributed by atoms with Crippen LogP contribution in [0, 0.1) is 0 Å². The molecular formula is C27H26Cl2N4O2. The van der Waals surface area contributed by atoms with E-state index in [-0.39, 0.29) is 18.1 Å². The van der Waals surface area contributed by atoms with E-state index in [4.69, 9.17) is 27.9 Å². The minimum Gasteiger partial charge on any atom is -0.372 e. The molecule has 1 aliphatic rings. The van der Waals surface area contributed by atoms with Crippen LogP contribution in [0.2, 0.25) is 10.0 Å². The summed E-state index contributed by atoms with van der Waals surface area (Å²) in [7, 11) is 1.78. The second-order valence-corrected chi connectivity index (χ2v) is 9.70. The molecule has 3 aromatic carbocycles. The van der Waals surface area contributed by atoms with E-state index in [1.54, 1.807) is 24.1 Å². The number of rotatable bonds is 7. The lowest BCUT2D eigenvalue weighted by Crippen LogP contribution is -2.33. The largest absolute Gasteiger partial charge is 0.372 e. The van der Waals surface area contributed by atoms with Crippen LogP contribution >= 0.6 is 23.2 Å². The zero-order valence-corrected chi connectivity index (χ0v) is 20.8. The molecule has 4 aromatic rings. The van der Waals surface area contributed by atoms with Gasteiger partial charge < -0.3 is 19.9 Å². The number of halogens is 2. The molecule has 180 valence electrons. The van der Waals surface area contributed by atoms with Gasteiger partial charge in [-0.3, -0.25) is 4.79 Å². The Bertz CT molecular complexity index is 1340. The number of carbonyl (C=O) groups is 1. The number of hydrogen-bond acceptors (Lipinski definition) is 4. The van der Waals surface area contributed by atoms with Gasteiger partial charge in [0.1, 0.15) is 5.82 Å². The molecule has 2 atom stereocenters. The molecule has 0 bridgehead atoms. The molecule has 0 spiro atoms. The average molecular weight is 509 g/mol. The predicted octanol–water partition coefficient (Wildman–Crippen LogP) is 5.84. The molecule has 35 heavy (non-hydrogen) atoms. The van der Waals surface area contributed by atoms with Gasteiger partial charge in [-0.1, -0.05) is 53.5 Å². The lowest BCUT2D eigenvalue weighted by Gasteiger charge is -2.22. The number of hydrogen-bond donors (Lipinski definition) is 2. The quantitative estimate of drug-likeness (QED) is 0.329. The summed E-state index contributed by atoms with van der Waals surface area (Å²) in [4.78, 5) is 22.9. The van der Waals surface area contributed by atoms with Gasteiger partial charge in [-0.15, -0.1) is 0 Å². The highest BCUT2D eigenvalue weighted by molar-refractivity contribution is 6.31. The maximum absolute atomic E-state index is 13.2. The van der Waals surface area contributed by atoms with Crippen LogP contribution in [0.3, 0.4) is 0 Å². The molecule has 1 fully saturated rings. The van der Waals surface area contributed by atoms with Gasteiger partial charge in [-0.25, -0.2) is 4.98 Å². The van der Waals surface area contributed by atoms with Crippen molar-refractivity contribution in [3.8, 4) is 11.4 Å². The molecule has 5 rings (SSSR count). The number of anilines is 1. The van der Waals surface area contributed by atoms with Gasteiger partial charge in [0, 0.05) is 41.7 Å². The number of carbonyl (C=O) groups excluding carboxylic acids is 1. The number of ether oxygens (including phenoxy) is 1. The average Bonchev–Trinajstić information content (AvgIpc) is 3.49. The fraction of sp³-hybridized carbons (Fsp3) is 0.259. The van der Waals surface area contributed by atoms with Gasteiger partial charge in [0.05, 0.1) is 29.4 Å². The highest BCUT2D eigenvalue weighted by Gasteiger charge is 2.28. The van der Waals surface area contributed by atoms with E-state index in [0.29, 0.717) is 28.9 Å². The smallest absolute Gasteiger partial charge is 0.228 e. The third-order valence-corrected chi connectivity index (χ3v) is 6.79. The van der Waals surface area contributed by atoms with E-state index >= 15 is 0 Å². The van der Waals surface area contributed by atoms with Gasteiger partial charge in [0.25, 0.3) is 0 Å². The Hall–Kier alpha value is -2.90. The number of imidazole rings is 1. The molecule has 8 heteroatoms. The highest BCUT2D eigenvalue weighted by Crippen LogP contribution is 2.33. The molecule has 0 radical (unpaired) electrons. The number of aromatic nitrogens is 2. The first-order valence-corrected chi connectivity index (χ1v) is 12.3. The SMILES string of the molecule is CN(C(=O)C[C@H]1C[C@H](OCc2ccccc2)CN1)c1ccc(Cl)cc1-c1nc2ccc(Cl)cc2[nH]1. The summed E-state index contributed by atoms with van der Waals surface area (Å²) in [5.41, 5.74) is 4.25. The first-order valence-electron chi connectivity index (χ1n) is 11.6. The van der Waals surface area contributed by atoms with E-state index in [1.165, 1.54) is 0 Å². The number of nitrogens with zero attached hydrogens (tertiary/aromatic N) is 2. The second kappa shape index (κ2) is 10.4. The Kier molecular flexibility index (Phi) is 7.07. The zero-order chi connectivity index (χ0) is 24.4. The number of H-pyrrole nitrogens is 1. The van der Waals surface area contributed by atoms with E-state index in [2.05, 4.69) is 27.4 Å². The van der Waals surface area contributed by atoms with Crippen LogP contribution in [-0.4, -0.2) is 41.6 Å². The molecule has 1 saturated heterocycles. The van der Waals surface area contributed by atoms with E-state index in [1.807, 2.05) is 42.5 Å². The molecule has 1 aromatic heterocycles. The summed E-state index contributed by atoms with van der Waals surface area (Å²) in [6, 6.07) is 21.1. The normalized spacial score (nSPS) is 17.7. The monoisotopic (exact) mass is 508 g/mol. The Morgan fingerprint density at radius 3 is 2.69 bits per heavy atom. The standard InChI is InChI=1S/C27H26Cl2N4O2/c1-33(26(34)14-20-13-21(15-30-20)35-16-17-5-3-2-4-6-17)25-10-8-18(28)11-22(25)27-31-23-9-7-19(29)12-24(23)32-27/h2-12,20-21,30H,13-16H2,1H3,(H,31,32)/t20-,21+/m1/s1. The van der Waals surface area contributed by atoms with Crippen molar-refractivity contribution in [3.63, 3.8) is 0 Å². The number of benzene rings is 3. The molecule has 1 amide bonds. The first kappa shape index (κ1) is 23.8. The molecular weight excluding hydrogens is 483 g/mol. The van der Waals surface area contributed by atoms with Crippen molar-refractivity contribution >= 4 is 45.8 Å². The summed E-state index contributed by atoms with van der Waals surface area (Å²) < 4.78 is 6.05. The lowest BCUT2D eigenvalue weighted by molar-refractivity contribution is -0.118. The van der Waals surface area contributed by atoms with Crippen LogP contribution in [0.15, 0.2) is 66.7 Å². The number of nitrogens with one attached hydrogen (secondary N) is 2. The fourth-order valence-corrected chi connectivity index (χ4v) is 4.78. The van der Waals surface area contributed by atoms with Crippen LogP contribution < -0.4 is 10.2 Å². The first-order chi connectivity index (χ1) is 17.0. The van der Waals surface area contributed by atoms with Crippen LogP contribution in [0.4, 0.5) is 5.69 Å². The molecule has 1 aliphatic heterocycles. The minimum absolute atomic E-state index is 0.00828. The topological polar surface area (TPSA) is 70.2 Å². The van der Waals surface area contributed by atoms with Gasteiger partial charge in [-0.2, -0.15) is 0 Å². The van der Waals surface area contributed by atoms with Crippen molar-refractivity contribution in [1.29, 1.82) is 0 Å². The Balaban J connectivity index is 1.27. The van der Waals surface area contributed by atoms with Gasteiger partial charge >= 0.3 is 0 Å². The predicted molar refractivity (Wildman–Crippen MR) is 141 cm³/mol. The Morgan fingerprint density at radius 1 is 1.09 bits per heavy atom. The Labute approximate surface area is 214 Å². The molecule has 2 heterocycles. The molecule has 0 aliphatic carbocycles. The molecule has 2 N–H and O–H groups in total. The zero-order valence-electron chi connectivity index (χ0n) is 19.3. The number of amides is 1. The Morgan fingerprint density at radius 2 is 1.86 bits per heavy atom. The van der Waals surface area contributed by atoms with Crippen LogP contribution in [0.5, 0.6) is 0 Å². The van der Waals surface area contributed by atoms with Gasteiger partial charge in [0.2, 0.25) is 5.91 Å². The fourth-order valence-electron chi connectivity index (χ4n) is 4.43. The lowest BCUT2D eigenvalue weighted by atomic mass is 10.1. The summed E-state index contributed by atoms with van der Waals surface area (Å²) >= 11 is 12.4. The molecule has 6 nitrogen and oxygen atoms in total. The van der Waals surface area contributed by atoms with Crippen molar-refractivity contribution in [1.82, 2.24) is 15.3 Å². The second-order valence-electron chi connectivity index (χ2n) is 8.82.